The molecule has 0 aliphatic heterocycles. The van der Waals surface area contributed by atoms with Crippen LogP contribution in [0.2, 0.25) is 0 Å². The Balaban J connectivity index is 1.86. The highest BCUT2D eigenvalue weighted by atomic mass is 19.4. The number of anilines is 1. The van der Waals surface area contributed by atoms with Gasteiger partial charge in [0.15, 0.2) is 11.5 Å². The predicted octanol–water partition coefficient (Wildman–Crippen LogP) is 1.70. The van der Waals surface area contributed by atoms with E-state index in [2.05, 4.69) is 25.7 Å². The zero-order chi connectivity index (χ0) is 21.9. The molecule has 3 rings (SSSR count). The zero-order valence-electron chi connectivity index (χ0n) is 16.4. The summed E-state index contributed by atoms with van der Waals surface area (Å²) >= 11 is 0. The summed E-state index contributed by atoms with van der Waals surface area (Å²) in [5.41, 5.74) is -1.65. The van der Waals surface area contributed by atoms with Gasteiger partial charge in [0.25, 0.3) is 5.91 Å². The molecule has 0 atom stereocenters. The number of ether oxygens (including phenoxy) is 1. The molecule has 0 unspecified atom stereocenters. The normalized spacial score (nSPS) is 11.7. The summed E-state index contributed by atoms with van der Waals surface area (Å²) in [5.74, 6) is -1.05. The van der Waals surface area contributed by atoms with Gasteiger partial charge in [0.2, 0.25) is 5.88 Å². The third kappa shape index (κ3) is 4.74. The molecule has 0 radical (unpaired) electrons. The number of nitrogens with one attached hydrogen (secondary N) is 1. The minimum Gasteiger partial charge on any atom is -0.480 e. The number of likely N-dealkylation sites (N-methyl/N-ethyl adjacent to an activating group) is 1. The number of alkyl halides is 3. The van der Waals surface area contributed by atoms with E-state index in [0.717, 1.165) is 6.20 Å². The van der Waals surface area contributed by atoms with Crippen LogP contribution in [0.1, 0.15) is 16.1 Å². The predicted molar refractivity (Wildman–Crippen MR) is 99.4 cm³/mol. The maximum atomic E-state index is 13.7. The second-order valence-electron chi connectivity index (χ2n) is 6.50. The van der Waals surface area contributed by atoms with Crippen molar-refractivity contribution >= 4 is 11.6 Å². The van der Waals surface area contributed by atoms with Crippen molar-refractivity contribution in [3.05, 3.63) is 42.0 Å². The van der Waals surface area contributed by atoms with E-state index in [9.17, 15) is 18.0 Å². The van der Waals surface area contributed by atoms with Gasteiger partial charge in [0, 0.05) is 18.8 Å². The van der Waals surface area contributed by atoms with E-state index in [1.807, 2.05) is 19.0 Å². The Hall–Kier alpha value is -3.48. The first-order valence-electron chi connectivity index (χ1n) is 8.71. The molecule has 0 fully saturated rings. The maximum Gasteiger partial charge on any atom is 0.434 e. The van der Waals surface area contributed by atoms with Crippen LogP contribution in [0.3, 0.4) is 0 Å². The molecule has 1 N–H and O–H groups in total. The van der Waals surface area contributed by atoms with Gasteiger partial charge in [-0.05, 0) is 20.2 Å². The lowest BCUT2D eigenvalue weighted by Crippen LogP contribution is -2.21. The average molecular weight is 424 g/mol. The molecule has 0 bridgehead atoms. The highest BCUT2D eigenvalue weighted by Gasteiger charge is 2.41. The summed E-state index contributed by atoms with van der Waals surface area (Å²) in [6.07, 6.45) is -1.13. The standard InChI is InChI=1S/C17H19F3N8O2/c1-26(2)6-7-27-10-11(8-21-27)23-16(29)12-9-22-28(15(12)17(18,19)20)13-4-5-14(30-3)25-24-13/h4-5,8-10H,6-7H2,1-3H3,(H,23,29). The molecule has 160 valence electrons. The fourth-order valence-electron chi connectivity index (χ4n) is 2.55. The van der Waals surface area contributed by atoms with Gasteiger partial charge in [0.05, 0.1) is 37.3 Å². The lowest BCUT2D eigenvalue weighted by Gasteiger charge is -2.12. The Kier molecular flexibility index (Phi) is 6.01. The van der Waals surface area contributed by atoms with Gasteiger partial charge >= 0.3 is 6.18 Å². The van der Waals surface area contributed by atoms with Crippen molar-refractivity contribution in [1.82, 2.24) is 34.7 Å². The number of rotatable bonds is 7. The molecule has 0 spiro atoms. The SMILES string of the molecule is COc1ccc(-n2ncc(C(=O)Nc3cnn(CCN(C)C)c3)c2C(F)(F)F)nn1. The van der Waals surface area contributed by atoms with Crippen molar-refractivity contribution in [3.8, 4) is 11.7 Å². The number of aromatic nitrogens is 6. The molecule has 30 heavy (non-hydrogen) atoms. The average Bonchev–Trinajstić information content (AvgIpc) is 3.33. The number of amides is 1. The monoisotopic (exact) mass is 424 g/mol. The maximum absolute atomic E-state index is 13.7. The van der Waals surface area contributed by atoms with Crippen LogP contribution in [-0.2, 0) is 12.7 Å². The van der Waals surface area contributed by atoms with Crippen molar-refractivity contribution in [3.63, 3.8) is 0 Å². The Morgan fingerprint density at radius 2 is 1.97 bits per heavy atom. The van der Waals surface area contributed by atoms with E-state index in [4.69, 9.17) is 4.74 Å². The van der Waals surface area contributed by atoms with Crippen molar-refractivity contribution in [2.24, 2.45) is 0 Å². The summed E-state index contributed by atoms with van der Waals surface area (Å²) < 4.78 is 48.1. The van der Waals surface area contributed by atoms with Gasteiger partial charge in [0.1, 0.15) is 0 Å². The first-order chi connectivity index (χ1) is 14.2. The summed E-state index contributed by atoms with van der Waals surface area (Å²) in [6, 6.07) is 2.59. The Labute approximate surface area is 169 Å². The largest absolute Gasteiger partial charge is 0.480 e. The molecule has 3 aromatic heterocycles. The smallest absolute Gasteiger partial charge is 0.434 e. The summed E-state index contributed by atoms with van der Waals surface area (Å²) in [6.45, 7) is 1.27. The topological polar surface area (TPSA) is 103 Å². The molecule has 0 aliphatic carbocycles. The number of methoxy groups -OCH3 is 1. The van der Waals surface area contributed by atoms with Gasteiger partial charge in [-0.15, -0.1) is 10.2 Å². The van der Waals surface area contributed by atoms with Gasteiger partial charge in [-0.25, -0.2) is 4.68 Å². The summed E-state index contributed by atoms with van der Waals surface area (Å²) in [7, 11) is 5.15. The molecule has 1 amide bonds. The first kappa shape index (κ1) is 21.2. The molecule has 10 nitrogen and oxygen atoms in total. The lowest BCUT2D eigenvalue weighted by atomic mass is 10.2. The van der Waals surface area contributed by atoms with Gasteiger partial charge < -0.3 is 15.0 Å². The summed E-state index contributed by atoms with van der Waals surface area (Å²) in [5, 5.41) is 17.5. The van der Waals surface area contributed by atoms with Crippen LogP contribution >= 0.6 is 0 Å². The second kappa shape index (κ2) is 8.49. The van der Waals surface area contributed by atoms with E-state index in [0.29, 0.717) is 17.8 Å². The van der Waals surface area contributed by atoms with E-state index in [1.165, 1.54) is 31.6 Å². The highest BCUT2D eigenvalue weighted by Crippen LogP contribution is 2.33. The molecular formula is C17H19F3N8O2. The first-order valence-corrected chi connectivity index (χ1v) is 8.71. The molecule has 3 aromatic rings. The van der Waals surface area contributed by atoms with Crippen LogP contribution in [0.4, 0.5) is 18.9 Å². The van der Waals surface area contributed by atoms with E-state index >= 15 is 0 Å². The van der Waals surface area contributed by atoms with Crippen LogP contribution in [0.5, 0.6) is 5.88 Å². The van der Waals surface area contributed by atoms with Crippen molar-refractivity contribution < 1.29 is 22.7 Å². The third-order valence-electron chi connectivity index (χ3n) is 4.00. The van der Waals surface area contributed by atoms with Crippen LogP contribution in [0.15, 0.2) is 30.7 Å². The molecule has 0 saturated carbocycles. The number of carbonyl (C=O) groups excluding carboxylic acids is 1. The van der Waals surface area contributed by atoms with Gasteiger partial charge in [-0.1, -0.05) is 0 Å². The van der Waals surface area contributed by atoms with Crippen LogP contribution in [0.25, 0.3) is 5.82 Å². The van der Waals surface area contributed by atoms with Crippen molar-refractivity contribution in [1.29, 1.82) is 0 Å². The Bertz CT molecular complexity index is 1010. The number of halogens is 3. The minimum atomic E-state index is -4.86. The zero-order valence-corrected chi connectivity index (χ0v) is 16.4. The highest BCUT2D eigenvalue weighted by molar-refractivity contribution is 6.05. The van der Waals surface area contributed by atoms with Crippen LogP contribution < -0.4 is 10.1 Å². The second-order valence-corrected chi connectivity index (χ2v) is 6.50. The van der Waals surface area contributed by atoms with E-state index < -0.39 is 23.3 Å². The molecule has 3 heterocycles. The minimum absolute atomic E-state index is 0.128. The number of hydrogen-bond acceptors (Lipinski definition) is 7. The van der Waals surface area contributed by atoms with Crippen LogP contribution in [0, 0.1) is 0 Å². The molecule has 0 aromatic carbocycles. The number of nitrogens with zero attached hydrogens (tertiary/aromatic N) is 7. The van der Waals surface area contributed by atoms with E-state index in [-0.39, 0.29) is 17.4 Å². The quantitative estimate of drug-likeness (QED) is 0.616. The Morgan fingerprint density at radius 1 is 1.20 bits per heavy atom. The fourth-order valence-corrected chi connectivity index (χ4v) is 2.55. The van der Waals surface area contributed by atoms with Crippen molar-refractivity contribution in [2.75, 3.05) is 33.1 Å². The summed E-state index contributed by atoms with van der Waals surface area (Å²) in [4.78, 5) is 14.5. The Morgan fingerprint density at radius 3 is 2.57 bits per heavy atom. The molecule has 13 heteroatoms. The molecule has 0 aliphatic rings. The number of carbonyl (C=O) groups is 1. The van der Waals surface area contributed by atoms with Crippen LogP contribution in [-0.4, -0.2) is 68.3 Å². The fraction of sp³-hybridized carbons (Fsp3) is 0.353. The van der Waals surface area contributed by atoms with Gasteiger partial charge in [-0.3, -0.25) is 9.48 Å². The molecule has 0 saturated heterocycles. The van der Waals surface area contributed by atoms with E-state index in [1.54, 1.807) is 4.68 Å². The van der Waals surface area contributed by atoms with Gasteiger partial charge in [-0.2, -0.15) is 23.4 Å². The third-order valence-corrected chi connectivity index (χ3v) is 4.00. The molecular weight excluding hydrogens is 405 g/mol. The van der Waals surface area contributed by atoms with Crippen molar-refractivity contribution in [2.45, 2.75) is 12.7 Å². The number of hydrogen-bond donors (Lipinski definition) is 1. The lowest BCUT2D eigenvalue weighted by molar-refractivity contribution is -0.143.